The second-order valence-electron chi connectivity index (χ2n) is 7.41. The molecule has 9 heteroatoms. The topological polar surface area (TPSA) is 95.1 Å². The highest BCUT2D eigenvalue weighted by molar-refractivity contribution is 8.00. The summed E-state index contributed by atoms with van der Waals surface area (Å²) < 4.78 is 0. The van der Waals surface area contributed by atoms with E-state index in [0.717, 1.165) is 28.5 Å². The number of hydrogen-bond acceptors (Lipinski definition) is 6. The molecule has 2 aromatic carbocycles. The average molecular weight is 486 g/mol. The van der Waals surface area contributed by atoms with Crippen LogP contribution in [0.5, 0.6) is 5.75 Å². The van der Waals surface area contributed by atoms with Gasteiger partial charge in [-0.05, 0) is 55.7 Å². The van der Waals surface area contributed by atoms with E-state index in [0.29, 0.717) is 20.4 Å². The van der Waals surface area contributed by atoms with Gasteiger partial charge in [-0.15, -0.1) is 11.3 Å². The second kappa shape index (κ2) is 8.97. The molecule has 0 saturated heterocycles. The molecule has 1 unspecified atom stereocenters. The Balaban J connectivity index is 1.57. The number of phenolic OH excluding ortho intramolecular Hbond substituents is 1. The number of aromatic nitrogens is 2. The zero-order valence-electron chi connectivity index (χ0n) is 17.5. The Hall–Kier alpha value is -2.81. The maximum atomic E-state index is 12.9. The van der Waals surface area contributed by atoms with E-state index in [4.69, 9.17) is 11.6 Å². The predicted molar refractivity (Wildman–Crippen MR) is 132 cm³/mol. The third kappa shape index (κ3) is 4.53. The number of carbonyl (C=O) groups excluding carboxylic acids is 1. The molecule has 0 fully saturated rings. The van der Waals surface area contributed by atoms with Gasteiger partial charge in [0.1, 0.15) is 10.6 Å². The van der Waals surface area contributed by atoms with Gasteiger partial charge in [0.25, 0.3) is 5.56 Å². The molecule has 6 nitrogen and oxygen atoms in total. The number of thioether (sulfide) groups is 1. The lowest BCUT2D eigenvalue weighted by atomic mass is 10.0. The van der Waals surface area contributed by atoms with Crippen LogP contribution in [0.2, 0.25) is 5.02 Å². The van der Waals surface area contributed by atoms with Crippen molar-refractivity contribution in [1.82, 2.24) is 9.97 Å². The number of hydrogen-bond donors (Lipinski definition) is 3. The van der Waals surface area contributed by atoms with Gasteiger partial charge in [0.2, 0.25) is 5.91 Å². The number of thiophene rings is 1. The van der Waals surface area contributed by atoms with Crippen molar-refractivity contribution < 1.29 is 9.90 Å². The van der Waals surface area contributed by atoms with Crippen LogP contribution >= 0.6 is 34.7 Å². The zero-order valence-corrected chi connectivity index (χ0v) is 19.9. The molecular weight excluding hydrogens is 466 g/mol. The minimum Gasteiger partial charge on any atom is -0.506 e. The molecule has 0 aliphatic heterocycles. The van der Waals surface area contributed by atoms with E-state index in [9.17, 15) is 14.7 Å². The van der Waals surface area contributed by atoms with Crippen molar-refractivity contribution in [2.75, 3.05) is 5.32 Å². The Morgan fingerprint density at radius 2 is 2.00 bits per heavy atom. The van der Waals surface area contributed by atoms with Gasteiger partial charge in [-0.1, -0.05) is 41.6 Å². The number of H-pyrrole nitrogens is 1. The van der Waals surface area contributed by atoms with Gasteiger partial charge in [0.05, 0.1) is 16.3 Å². The Bertz CT molecular complexity index is 1400. The molecule has 0 saturated carbocycles. The number of rotatable bonds is 5. The summed E-state index contributed by atoms with van der Waals surface area (Å²) in [6.45, 7) is 5.79. The van der Waals surface area contributed by atoms with Gasteiger partial charge in [0, 0.05) is 16.0 Å². The van der Waals surface area contributed by atoms with Crippen molar-refractivity contribution in [3.63, 3.8) is 0 Å². The summed E-state index contributed by atoms with van der Waals surface area (Å²) >= 11 is 8.46. The van der Waals surface area contributed by atoms with Gasteiger partial charge in [0.15, 0.2) is 5.16 Å². The van der Waals surface area contributed by atoms with Gasteiger partial charge < -0.3 is 15.4 Å². The van der Waals surface area contributed by atoms with E-state index in [1.807, 2.05) is 31.4 Å². The number of carbonyl (C=O) groups is 1. The number of nitrogens with one attached hydrogen (secondary N) is 2. The minimum absolute atomic E-state index is 0.0784. The first-order chi connectivity index (χ1) is 15.2. The molecule has 1 atom stereocenters. The summed E-state index contributed by atoms with van der Waals surface area (Å²) in [5.41, 5.74) is 4.15. The summed E-state index contributed by atoms with van der Waals surface area (Å²) in [6.07, 6.45) is 0. The van der Waals surface area contributed by atoms with E-state index in [-0.39, 0.29) is 22.9 Å². The SMILES string of the molecule is Cc1ccc(-c2csc3nc(SC(C)C(=O)Nc4cc(Cl)ccc4O)[nH]c(=O)c23)cc1C. The van der Waals surface area contributed by atoms with Crippen LogP contribution in [0.15, 0.2) is 51.7 Å². The highest BCUT2D eigenvalue weighted by atomic mass is 35.5. The standard InChI is InChI=1S/C23H20ClN3O3S2/c1-11-4-5-14(8-12(11)2)16-10-31-22-19(16)21(30)26-23(27-22)32-13(3)20(29)25-17-9-15(24)6-7-18(17)28/h4-10,13,28H,1-3H3,(H,25,29)(H,26,27,30). The number of aromatic amines is 1. The molecule has 4 aromatic rings. The van der Waals surface area contributed by atoms with Crippen molar-refractivity contribution >= 4 is 56.5 Å². The molecule has 32 heavy (non-hydrogen) atoms. The van der Waals surface area contributed by atoms with Gasteiger partial charge in [-0.25, -0.2) is 4.98 Å². The lowest BCUT2D eigenvalue weighted by Gasteiger charge is -2.12. The fourth-order valence-corrected chi connectivity index (χ4v) is 5.14. The van der Waals surface area contributed by atoms with Crippen LogP contribution in [0.4, 0.5) is 5.69 Å². The quantitative estimate of drug-likeness (QED) is 0.190. The van der Waals surface area contributed by atoms with E-state index in [1.54, 1.807) is 6.92 Å². The molecule has 3 N–H and O–H groups in total. The van der Waals surface area contributed by atoms with Crippen molar-refractivity contribution in [1.29, 1.82) is 0 Å². The first-order valence-electron chi connectivity index (χ1n) is 9.78. The van der Waals surface area contributed by atoms with Gasteiger partial charge in [-0.3, -0.25) is 9.59 Å². The van der Waals surface area contributed by atoms with Crippen LogP contribution in [0.3, 0.4) is 0 Å². The maximum absolute atomic E-state index is 12.9. The number of anilines is 1. The third-order valence-electron chi connectivity index (χ3n) is 5.11. The Kier molecular flexibility index (Phi) is 6.28. The van der Waals surface area contributed by atoms with Crippen LogP contribution in [0.25, 0.3) is 21.3 Å². The smallest absolute Gasteiger partial charge is 0.260 e. The lowest BCUT2D eigenvalue weighted by molar-refractivity contribution is -0.115. The molecular formula is C23H20ClN3O3S2. The number of halogens is 1. The summed E-state index contributed by atoms with van der Waals surface area (Å²) in [4.78, 5) is 33.4. The van der Waals surface area contributed by atoms with Crippen LogP contribution in [-0.4, -0.2) is 26.2 Å². The number of benzene rings is 2. The van der Waals surface area contributed by atoms with Crippen LogP contribution < -0.4 is 10.9 Å². The molecule has 4 rings (SSSR count). The molecule has 1 amide bonds. The monoisotopic (exact) mass is 485 g/mol. The van der Waals surface area contributed by atoms with Crippen LogP contribution in [0, 0.1) is 13.8 Å². The predicted octanol–water partition coefficient (Wildman–Crippen LogP) is 5.75. The molecule has 0 radical (unpaired) electrons. The Labute approximate surface area is 197 Å². The van der Waals surface area contributed by atoms with E-state index in [1.165, 1.54) is 35.1 Å². The van der Waals surface area contributed by atoms with E-state index < -0.39 is 5.25 Å². The number of phenols is 1. The largest absolute Gasteiger partial charge is 0.506 e. The maximum Gasteiger partial charge on any atom is 0.260 e. The summed E-state index contributed by atoms with van der Waals surface area (Å²) in [5, 5.41) is 15.2. The van der Waals surface area contributed by atoms with Crippen molar-refractivity contribution in [3.8, 4) is 16.9 Å². The summed E-state index contributed by atoms with van der Waals surface area (Å²) in [6, 6.07) is 10.5. The first kappa shape index (κ1) is 22.4. The first-order valence-corrected chi connectivity index (χ1v) is 11.9. The molecule has 0 aliphatic carbocycles. The number of fused-ring (bicyclic) bond motifs is 1. The number of nitrogens with zero attached hydrogens (tertiary/aromatic N) is 1. The lowest BCUT2D eigenvalue weighted by Crippen LogP contribution is -2.23. The highest BCUT2D eigenvalue weighted by Gasteiger charge is 2.19. The minimum atomic E-state index is -0.576. The Morgan fingerprint density at radius 3 is 2.75 bits per heavy atom. The van der Waals surface area contributed by atoms with Gasteiger partial charge >= 0.3 is 0 Å². The molecule has 0 spiro atoms. The fraction of sp³-hybridized carbons (Fsp3) is 0.174. The zero-order chi connectivity index (χ0) is 23.0. The summed E-state index contributed by atoms with van der Waals surface area (Å²) in [5.74, 6) is -0.428. The van der Waals surface area contributed by atoms with Crippen molar-refractivity contribution in [3.05, 3.63) is 68.3 Å². The number of aryl methyl sites for hydroxylation is 2. The van der Waals surface area contributed by atoms with Crippen LogP contribution in [-0.2, 0) is 4.79 Å². The fourth-order valence-electron chi connectivity index (χ4n) is 3.17. The van der Waals surface area contributed by atoms with Gasteiger partial charge in [-0.2, -0.15) is 0 Å². The highest BCUT2D eigenvalue weighted by Crippen LogP contribution is 2.33. The molecule has 2 aromatic heterocycles. The molecule has 2 heterocycles. The van der Waals surface area contributed by atoms with E-state index >= 15 is 0 Å². The molecule has 0 aliphatic rings. The van der Waals surface area contributed by atoms with Crippen molar-refractivity contribution in [2.24, 2.45) is 0 Å². The average Bonchev–Trinajstić information content (AvgIpc) is 3.17. The second-order valence-corrected chi connectivity index (χ2v) is 10.0. The van der Waals surface area contributed by atoms with Crippen LogP contribution in [0.1, 0.15) is 18.1 Å². The summed E-state index contributed by atoms with van der Waals surface area (Å²) in [7, 11) is 0. The Morgan fingerprint density at radius 1 is 1.22 bits per heavy atom. The number of aromatic hydroxyl groups is 1. The van der Waals surface area contributed by atoms with E-state index in [2.05, 4.69) is 21.4 Å². The molecule has 0 bridgehead atoms. The third-order valence-corrected chi connectivity index (χ3v) is 7.21. The number of amides is 1. The van der Waals surface area contributed by atoms with Crippen molar-refractivity contribution in [2.45, 2.75) is 31.2 Å². The normalized spacial score (nSPS) is 12.1. The molecule has 164 valence electrons.